The van der Waals surface area contributed by atoms with Gasteiger partial charge in [-0.05, 0) is 35.7 Å². The van der Waals surface area contributed by atoms with Crippen LogP contribution in [0.4, 0.5) is 0 Å². The zero-order valence-corrected chi connectivity index (χ0v) is 19.6. The molecular formula is C26H26Cl2N2S. The van der Waals surface area contributed by atoms with E-state index in [0.717, 1.165) is 10.5 Å². The maximum Gasteiger partial charge on any atom is 0.176 e. The molecule has 4 atom stereocenters. The van der Waals surface area contributed by atoms with Gasteiger partial charge in [0.05, 0.1) is 10.5 Å². The number of benzene rings is 2. The number of hydrogen-bond donors (Lipinski definition) is 0. The largest absolute Gasteiger partial charge is 1.00 e. The summed E-state index contributed by atoms with van der Waals surface area (Å²) in [6, 6.07) is 23.2. The minimum absolute atomic E-state index is 0. The Morgan fingerprint density at radius 3 is 1.42 bits per heavy atom. The van der Waals surface area contributed by atoms with E-state index in [-0.39, 0.29) is 24.8 Å². The molecule has 2 nitrogen and oxygen atoms in total. The third-order valence-corrected chi connectivity index (χ3v) is 8.69. The molecule has 2 aliphatic heterocycles. The second kappa shape index (κ2) is 9.36. The molecular weight excluding hydrogens is 443 g/mol. The van der Waals surface area contributed by atoms with Crippen LogP contribution in [0.3, 0.4) is 0 Å². The van der Waals surface area contributed by atoms with Gasteiger partial charge in [0.25, 0.3) is 0 Å². The molecule has 0 N–H and O–H groups in total. The molecule has 6 rings (SSSR count). The minimum atomic E-state index is 0. The van der Waals surface area contributed by atoms with Gasteiger partial charge in [-0.25, -0.2) is 9.13 Å². The van der Waals surface area contributed by atoms with Crippen LogP contribution in [0.1, 0.15) is 37.8 Å². The average Bonchev–Trinajstić information content (AvgIpc) is 2.79. The molecule has 2 aliphatic rings. The molecule has 2 aromatic carbocycles. The second-order valence-electron chi connectivity index (χ2n) is 8.54. The minimum Gasteiger partial charge on any atom is -1.00 e. The number of nitrogens with zero attached hydrogens (tertiary/aromatic N) is 2. The van der Waals surface area contributed by atoms with Gasteiger partial charge in [-0.1, -0.05) is 36.4 Å². The van der Waals surface area contributed by atoms with Gasteiger partial charge < -0.3 is 24.8 Å². The Morgan fingerprint density at radius 2 is 0.968 bits per heavy atom. The molecule has 0 amide bonds. The van der Waals surface area contributed by atoms with Gasteiger partial charge in [0.2, 0.25) is 0 Å². The molecule has 2 saturated heterocycles. The van der Waals surface area contributed by atoms with Crippen LogP contribution in [0.5, 0.6) is 0 Å². The smallest absolute Gasteiger partial charge is 0.176 e. The normalized spacial score (nSPS) is 24.9. The van der Waals surface area contributed by atoms with Crippen LogP contribution >= 0.6 is 11.8 Å². The van der Waals surface area contributed by atoms with Crippen LogP contribution in [-0.4, -0.2) is 10.5 Å². The molecule has 5 heteroatoms. The van der Waals surface area contributed by atoms with Crippen molar-refractivity contribution in [1.82, 2.24) is 0 Å². The average molecular weight is 469 g/mol. The first-order valence-electron chi connectivity index (χ1n) is 10.8. The summed E-state index contributed by atoms with van der Waals surface area (Å²) in [5, 5.41) is 6.84. The lowest BCUT2D eigenvalue weighted by atomic mass is 9.90. The lowest BCUT2D eigenvalue weighted by Crippen LogP contribution is -3.00. The fourth-order valence-corrected chi connectivity index (χ4v) is 7.27. The summed E-state index contributed by atoms with van der Waals surface area (Å²) < 4.78 is 5.00. The Labute approximate surface area is 200 Å². The highest BCUT2D eigenvalue weighted by Crippen LogP contribution is 2.47. The van der Waals surface area contributed by atoms with Crippen molar-refractivity contribution >= 4 is 33.3 Å². The van der Waals surface area contributed by atoms with E-state index in [9.17, 15) is 0 Å². The molecule has 0 aliphatic carbocycles. The van der Waals surface area contributed by atoms with Crippen molar-refractivity contribution in [3.05, 3.63) is 85.5 Å². The summed E-state index contributed by atoms with van der Waals surface area (Å²) in [5.74, 6) is 0. The van der Waals surface area contributed by atoms with Gasteiger partial charge in [-0.15, -0.1) is 11.8 Å². The van der Waals surface area contributed by atoms with Crippen LogP contribution < -0.4 is 33.9 Å². The SMILES string of the molecule is [Cl-].[Cl-].c1ccc2c[n+]([C@@H]3CC[C@H]4S[C@@H]3CC[C@H]4[n+]3ccc4ccccc4c3)ccc2c1. The van der Waals surface area contributed by atoms with E-state index in [0.29, 0.717) is 12.1 Å². The lowest BCUT2D eigenvalue weighted by Gasteiger charge is -2.38. The number of rotatable bonds is 2. The molecule has 0 radical (unpaired) electrons. The maximum absolute atomic E-state index is 2.50. The van der Waals surface area contributed by atoms with Crippen molar-refractivity contribution in [1.29, 1.82) is 0 Å². The standard InChI is InChI=1S/C26H26N2S.2ClH/c1-3-7-21-17-27(15-13-19(21)5-1)23-9-11-26-24(10-12-25(23)29-26)28-16-14-20-6-2-4-8-22(20)18-28;;/h1-8,13-18,23-26H,9-12H2;2*1H/q+2;;/p-2/t23-,24-,25-,26-;;/m1../s1. The van der Waals surface area contributed by atoms with Crippen molar-refractivity contribution in [2.24, 2.45) is 0 Å². The summed E-state index contributed by atoms with van der Waals surface area (Å²) in [6.45, 7) is 0. The highest BCUT2D eigenvalue weighted by molar-refractivity contribution is 8.00. The van der Waals surface area contributed by atoms with E-state index in [1.165, 1.54) is 47.2 Å². The van der Waals surface area contributed by atoms with Crippen LogP contribution in [0.15, 0.2) is 85.5 Å². The lowest BCUT2D eigenvalue weighted by molar-refractivity contribution is -0.731. The van der Waals surface area contributed by atoms with Gasteiger partial charge in [-0.3, -0.25) is 0 Å². The van der Waals surface area contributed by atoms with Crippen molar-refractivity contribution in [2.45, 2.75) is 48.3 Å². The number of fused-ring (bicyclic) bond motifs is 4. The fourth-order valence-electron chi connectivity index (χ4n) is 5.36. The Kier molecular flexibility index (Phi) is 6.76. The molecule has 2 aromatic heterocycles. The summed E-state index contributed by atoms with van der Waals surface area (Å²) >= 11 is 2.25. The highest BCUT2D eigenvalue weighted by atomic mass is 35.5. The molecule has 4 aromatic rings. The van der Waals surface area contributed by atoms with Crippen LogP contribution in [0.25, 0.3) is 21.5 Å². The van der Waals surface area contributed by atoms with E-state index in [4.69, 9.17) is 0 Å². The van der Waals surface area contributed by atoms with Crippen molar-refractivity contribution in [3.63, 3.8) is 0 Å². The highest BCUT2D eigenvalue weighted by Gasteiger charge is 2.46. The second-order valence-corrected chi connectivity index (χ2v) is 10.0. The van der Waals surface area contributed by atoms with Crippen LogP contribution in [-0.2, 0) is 0 Å². The first-order valence-corrected chi connectivity index (χ1v) is 11.7. The predicted molar refractivity (Wildman–Crippen MR) is 120 cm³/mol. The molecule has 0 spiro atoms. The van der Waals surface area contributed by atoms with Gasteiger partial charge in [0, 0.05) is 35.7 Å². The predicted octanol–water partition coefficient (Wildman–Crippen LogP) is -0.584. The van der Waals surface area contributed by atoms with E-state index in [2.05, 4.69) is 106 Å². The molecule has 0 unspecified atom stereocenters. The van der Waals surface area contributed by atoms with Crippen molar-refractivity contribution in [3.8, 4) is 0 Å². The van der Waals surface area contributed by atoms with Gasteiger partial charge in [0.1, 0.15) is 0 Å². The quantitative estimate of drug-likeness (QED) is 0.357. The molecule has 0 saturated carbocycles. The van der Waals surface area contributed by atoms with E-state index in [1.54, 1.807) is 0 Å². The topological polar surface area (TPSA) is 7.76 Å². The Balaban J connectivity index is 0.00000116. The Hall–Kier alpha value is -1.81. The van der Waals surface area contributed by atoms with Gasteiger partial charge in [0.15, 0.2) is 36.9 Å². The van der Waals surface area contributed by atoms with Crippen molar-refractivity contribution in [2.75, 3.05) is 0 Å². The van der Waals surface area contributed by atoms with Gasteiger partial charge in [-0.2, -0.15) is 0 Å². The van der Waals surface area contributed by atoms with Crippen LogP contribution in [0, 0.1) is 0 Å². The first kappa shape index (κ1) is 22.4. The number of aromatic nitrogens is 2. The van der Waals surface area contributed by atoms with Gasteiger partial charge >= 0.3 is 0 Å². The van der Waals surface area contributed by atoms with E-state index >= 15 is 0 Å². The summed E-state index contributed by atoms with van der Waals surface area (Å²) in [4.78, 5) is 0. The third kappa shape index (κ3) is 4.16. The summed E-state index contributed by atoms with van der Waals surface area (Å²) in [5.41, 5.74) is 0. The number of pyridine rings is 2. The molecule has 2 fully saturated rings. The molecule has 160 valence electrons. The first-order chi connectivity index (χ1) is 14.3. The summed E-state index contributed by atoms with van der Waals surface area (Å²) in [6.07, 6.45) is 14.5. The monoisotopic (exact) mass is 468 g/mol. The van der Waals surface area contributed by atoms with Crippen LogP contribution in [0.2, 0.25) is 0 Å². The zero-order valence-electron chi connectivity index (χ0n) is 17.3. The third-order valence-electron chi connectivity index (χ3n) is 6.89. The molecule has 2 bridgehead atoms. The summed E-state index contributed by atoms with van der Waals surface area (Å²) in [7, 11) is 0. The number of thioether (sulfide) groups is 1. The zero-order chi connectivity index (χ0) is 19.2. The van der Waals surface area contributed by atoms with E-state index in [1.807, 2.05) is 0 Å². The Bertz CT molecular complexity index is 1100. The Morgan fingerprint density at radius 1 is 0.548 bits per heavy atom. The number of halogens is 2. The maximum atomic E-state index is 2.50. The number of hydrogen-bond acceptors (Lipinski definition) is 1. The van der Waals surface area contributed by atoms with Crippen molar-refractivity contribution < 1.29 is 33.9 Å². The fraction of sp³-hybridized carbons (Fsp3) is 0.308. The molecule has 31 heavy (non-hydrogen) atoms. The molecule has 4 heterocycles. The van der Waals surface area contributed by atoms with E-state index < -0.39 is 0 Å².